The Labute approximate surface area is 97.8 Å². The number of rotatable bonds is 2. The van der Waals surface area contributed by atoms with Crippen LogP contribution in [0.1, 0.15) is 5.56 Å². The van der Waals surface area contributed by atoms with E-state index in [0.717, 1.165) is 0 Å². The van der Waals surface area contributed by atoms with Gasteiger partial charge in [0.15, 0.2) is 0 Å². The Bertz CT molecular complexity index is 570. The summed E-state index contributed by atoms with van der Waals surface area (Å²) in [5.74, 6) is 0. The zero-order valence-corrected chi connectivity index (χ0v) is 9.54. The topological polar surface area (TPSA) is 87.0 Å². The minimum atomic E-state index is -0.392. The average Bonchev–Trinajstić information content (AvgIpc) is 2.57. The molecule has 0 aliphatic heterocycles. The van der Waals surface area contributed by atoms with Crippen molar-refractivity contribution in [3.05, 3.63) is 40.1 Å². The van der Waals surface area contributed by atoms with Crippen LogP contribution in [0, 0.1) is 17.0 Å². The van der Waals surface area contributed by atoms with Gasteiger partial charge in [0.2, 0.25) is 0 Å². The summed E-state index contributed by atoms with van der Waals surface area (Å²) >= 11 is 0. The number of nitro benzene ring substituents is 1. The Hall–Kier alpha value is -2.37. The van der Waals surface area contributed by atoms with Crippen molar-refractivity contribution in [2.75, 3.05) is 5.73 Å². The number of nitro groups is 1. The van der Waals surface area contributed by atoms with Crippen LogP contribution in [0.2, 0.25) is 0 Å². The molecular weight excluding hydrogens is 220 g/mol. The van der Waals surface area contributed by atoms with Crippen LogP contribution in [0.15, 0.2) is 24.4 Å². The lowest BCUT2D eigenvalue weighted by molar-refractivity contribution is -0.384. The molecule has 2 N–H and O–H groups in total. The van der Waals surface area contributed by atoms with Gasteiger partial charge in [-0.2, -0.15) is 5.10 Å². The van der Waals surface area contributed by atoms with E-state index in [-0.39, 0.29) is 5.69 Å². The van der Waals surface area contributed by atoms with Gasteiger partial charge in [-0.15, -0.1) is 0 Å². The lowest BCUT2D eigenvalue weighted by atomic mass is 10.0. The normalized spacial score (nSPS) is 10.5. The maximum absolute atomic E-state index is 11.1. The summed E-state index contributed by atoms with van der Waals surface area (Å²) in [6.07, 6.45) is 1.49. The largest absolute Gasteiger partial charge is 0.396 e. The number of para-hydroxylation sites is 1. The Morgan fingerprint density at radius 3 is 2.71 bits per heavy atom. The van der Waals surface area contributed by atoms with Gasteiger partial charge in [-0.25, -0.2) is 0 Å². The van der Waals surface area contributed by atoms with Crippen LogP contribution in [0.3, 0.4) is 0 Å². The smallest absolute Gasteiger partial charge is 0.281 e. The molecule has 0 spiro atoms. The molecule has 6 nitrogen and oxygen atoms in total. The third-order valence-electron chi connectivity index (χ3n) is 2.64. The molecule has 6 heteroatoms. The number of hydrogen-bond acceptors (Lipinski definition) is 4. The van der Waals surface area contributed by atoms with Gasteiger partial charge in [-0.1, -0.05) is 12.1 Å². The van der Waals surface area contributed by atoms with Crippen LogP contribution in [0.5, 0.6) is 0 Å². The predicted molar refractivity (Wildman–Crippen MR) is 64.4 cm³/mol. The molecule has 0 saturated heterocycles. The van der Waals surface area contributed by atoms with Crippen LogP contribution in [-0.4, -0.2) is 14.7 Å². The van der Waals surface area contributed by atoms with E-state index >= 15 is 0 Å². The highest BCUT2D eigenvalue weighted by Crippen LogP contribution is 2.35. The number of hydrogen-bond donors (Lipinski definition) is 1. The first-order chi connectivity index (χ1) is 8.02. The highest BCUT2D eigenvalue weighted by atomic mass is 16.6. The average molecular weight is 232 g/mol. The summed E-state index contributed by atoms with van der Waals surface area (Å²) in [5, 5.41) is 15.1. The van der Waals surface area contributed by atoms with Gasteiger partial charge in [0.1, 0.15) is 0 Å². The SMILES string of the molecule is Cc1cccc(-c2c(N)cnn2C)c1[N+](=O)[O-]. The van der Waals surface area contributed by atoms with Gasteiger partial charge >= 0.3 is 0 Å². The minimum Gasteiger partial charge on any atom is -0.396 e. The Balaban J connectivity index is 2.76. The third-order valence-corrected chi connectivity index (χ3v) is 2.64. The zero-order valence-electron chi connectivity index (χ0n) is 9.54. The quantitative estimate of drug-likeness (QED) is 0.632. The molecule has 0 aliphatic rings. The molecule has 88 valence electrons. The molecule has 0 atom stereocenters. The van der Waals surface area contributed by atoms with E-state index in [9.17, 15) is 10.1 Å². The molecule has 17 heavy (non-hydrogen) atoms. The van der Waals surface area contributed by atoms with Crippen LogP contribution in [-0.2, 0) is 7.05 Å². The minimum absolute atomic E-state index is 0.0720. The molecule has 2 aromatic rings. The van der Waals surface area contributed by atoms with Crippen molar-refractivity contribution in [1.29, 1.82) is 0 Å². The molecule has 2 rings (SSSR count). The van der Waals surface area contributed by atoms with Crippen LogP contribution in [0.25, 0.3) is 11.3 Å². The van der Waals surface area contributed by atoms with Crippen molar-refractivity contribution >= 4 is 11.4 Å². The number of nitrogen functional groups attached to an aromatic ring is 1. The monoisotopic (exact) mass is 232 g/mol. The summed E-state index contributed by atoms with van der Waals surface area (Å²) in [5.41, 5.74) is 7.96. The molecule has 1 heterocycles. The van der Waals surface area contributed by atoms with Crippen molar-refractivity contribution in [1.82, 2.24) is 9.78 Å². The fourth-order valence-electron chi connectivity index (χ4n) is 1.88. The van der Waals surface area contributed by atoms with Gasteiger partial charge in [-0.05, 0) is 13.0 Å². The predicted octanol–water partition coefficient (Wildman–Crippen LogP) is 1.89. The van der Waals surface area contributed by atoms with Gasteiger partial charge in [0.25, 0.3) is 5.69 Å². The van der Waals surface area contributed by atoms with Crippen LogP contribution in [0.4, 0.5) is 11.4 Å². The molecule has 0 amide bonds. The summed E-state index contributed by atoms with van der Waals surface area (Å²) < 4.78 is 1.54. The zero-order chi connectivity index (χ0) is 12.6. The summed E-state index contributed by atoms with van der Waals surface area (Å²) in [6.45, 7) is 1.70. The molecule has 0 saturated carbocycles. The number of benzene rings is 1. The number of aromatic nitrogens is 2. The second kappa shape index (κ2) is 3.89. The lowest BCUT2D eigenvalue weighted by Crippen LogP contribution is -2.01. The van der Waals surface area contributed by atoms with Crippen molar-refractivity contribution in [2.24, 2.45) is 7.05 Å². The van der Waals surface area contributed by atoms with Crippen molar-refractivity contribution in [2.45, 2.75) is 6.92 Å². The maximum atomic E-state index is 11.1. The van der Waals surface area contributed by atoms with Gasteiger partial charge in [-0.3, -0.25) is 14.8 Å². The van der Waals surface area contributed by atoms with E-state index in [4.69, 9.17) is 5.73 Å². The molecular formula is C11H12N4O2. The summed E-state index contributed by atoms with van der Waals surface area (Å²) in [7, 11) is 1.71. The fraction of sp³-hybridized carbons (Fsp3) is 0.182. The number of nitrogens with zero attached hydrogens (tertiary/aromatic N) is 3. The lowest BCUT2D eigenvalue weighted by Gasteiger charge is -2.06. The Morgan fingerprint density at radius 2 is 2.18 bits per heavy atom. The van der Waals surface area contributed by atoms with Crippen LogP contribution < -0.4 is 5.73 Å². The second-order valence-corrected chi connectivity index (χ2v) is 3.80. The fourth-order valence-corrected chi connectivity index (χ4v) is 1.88. The molecule has 0 unspecified atom stereocenters. The van der Waals surface area contributed by atoms with E-state index in [1.807, 2.05) is 0 Å². The van der Waals surface area contributed by atoms with Gasteiger partial charge in [0, 0.05) is 12.6 Å². The Morgan fingerprint density at radius 1 is 1.47 bits per heavy atom. The van der Waals surface area contributed by atoms with Crippen molar-refractivity contribution in [3.8, 4) is 11.3 Å². The summed E-state index contributed by atoms with van der Waals surface area (Å²) in [6, 6.07) is 5.15. The first kappa shape index (κ1) is 11.1. The second-order valence-electron chi connectivity index (χ2n) is 3.80. The first-order valence-electron chi connectivity index (χ1n) is 5.04. The highest BCUT2D eigenvalue weighted by Gasteiger charge is 2.21. The van der Waals surface area contributed by atoms with E-state index < -0.39 is 4.92 Å². The standard InChI is InChI=1S/C11H12N4O2/c1-7-4-3-5-8(10(7)15(16)17)11-9(12)6-13-14(11)2/h3-6H,12H2,1-2H3. The molecule has 0 radical (unpaired) electrons. The van der Waals surface area contributed by atoms with E-state index in [2.05, 4.69) is 5.10 Å². The molecule has 1 aromatic heterocycles. The van der Waals surface area contributed by atoms with Crippen molar-refractivity contribution in [3.63, 3.8) is 0 Å². The van der Waals surface area contributed by atoms with E-state index in [0.29, 0.717) is 22.5 Å². The van der Waals surface area contributed by atoms with E-state index in [1.54, 1.807) is 32.2 Å². The highest BCUT2D eigenvalue weighted by molar-refractivity contribution is 5.80. The van der Waals surface area contributed by atoms with Crippen molar-refractivity contribution < 1.29 is 4.92 Å². The summed E-state index contributed by atoms with van der Waals surface area (Å²) in [4.78, 5) is 10.7. The molecule has 0 aliphatic carbocycles. The number of nitrogens with two attached hydrogens (primary N) is 1. The number of aryl methyl sites for hydroxylation is 2. The first-order valence-corrected chi connectivity index (χ1v) is 5.04. The maximum Gasteiger partial charge on any atom is 0.281 e. The molecule has 0 fully saturated rings. The molecule has 0 bridgehead atoms. The van der Waals surface area contributed by atoms with Gasteiger partial charge in [0.05, 0.1) is 28.1 Å². The van der Waals surface area contributed by atoms with Crippen LogP contribution >= 0.6 is 0 Å². The van der Waals surface area contributed by atoms with Gasteiger partial charge < -0.3 is 5.73 Å². The number of anilines is 1. The van der Waals surface area contributed by atoms with E-state index in [1.165, 1.54) is 10.9 Å². The molecule has 1 aromatic carbocycles. The third kappa shape index (κ3) is 1.73. The Kier molecular flexibility index (Phi) is 2.55.